The Labute approximate surface area is 175 Å². The number of amides is 1. The Morgan fingerprint density at radius 2 is 1.69 bits per heavy atom. The van der Waals surface area contributed by atoms with Crippen LogP contribution in [0.15, 0.2) is 54.6 Å². The second-order valence-electron chi connectivity index (χ2n) is 9.03. The van der Waals surface area contributed by atoms with Gasteiger partial charge in [0.25, 0.3) is 5.91 Å². The average Bonchev–Trinajstić information content (AvgIpc) is 2.72. The summed E-state index contributed by atoms with van der Waals surface area (Å²) in [7, 11) is 0. The molecule has 1 fully saturated rings. The van der Waals surface area contributed by atoms with Crippen LogP contribution in [0.25, 0.3) is 0 Å². The number of benzene rings is 2. The number of nitrogens with zero attached hydrogens (tertiary/aromatic N) is 1. The minimum Gasteiger partial charge on any atom is -0.484 e. The van der Waals surface area contributed by atoms with Crippen LogP contribution < -0.4 is 10.1 Å². The molecule has 0 spiro atoms. The molecule has 1 N–H and O–H groups in total. The number of nitrogens with one attached hydrogen (secondary N) is 1. The fourth-order valence-electron chi connectivity index (χ4n) is 3.84. The van der Waals surface area contributed by atoms with E-state index in [1.807, 2.05) is 12.1 Å². The van der Waals surface area contributed by atoms with Crippen LogP contribution in [0.2, 0.25) is 0 Å². The number of rotatable bonds is 6. The molecule has 1 aliphatic heterocycles. The number of likely N-dealkylation sites (tertiary alicyclic amines) is 1. The number of hydrogen-bond acceptors (Lipinski definition) is 3. The molecule has 3 rings (SSSR count). The molecule has 0 bridgehead atoms. The number of piperidine rings is 1. The van der Waals surface area contributed by atoms with Crippen LogP contribution in [0.5, 0.6) is 5.75 Å². The van der Waals surface area contributed by atoms with E-state index in [0.717, 1.165) is 31.7 Å². The Bertz CT molecular complexity index is 773. The fraction of sp³-hybridized carbons (Fsp3) is 0.480. The van der Waals surface area contributed by atoms with Gasteiger partial charge in [-0.3, -0.25) is 9.69 Å². The maximum absolute atomic E-state index is 12.3. The lowest BCUT2D eigenvalue weighted by molar-refractivity contribution is -0.124. The molecule has 0 saturated carbocycles. The first-order valence-corrected chi connectivity index (χ1v) is 10.6. The summed E-state index contributed by atoms with van der Waals surface area (Å²) in [6.07, 6.45) is 1.95. The molecule has 4 nitrogen and oxygen atoms in total. The summed E-state index contributed by atoms with van der Waals surface area (Å²) in [6, 6.07) is 19.3. The molecule has 2 aromatic rings. The lowest BCUT2D eigenvalue weighted by atomic mass is 9.87. The summed E-state index contributed by atoms with van der Waals surface area (Å²) in [5, 5.41) is 3.13. The summed E-state index contributed by atoms with van der Waals surface area (Å²) < 4.78 is 5.67. The molecular formula is C25H34N2O2. The highest BCUT2D eigenvalue weighted by atomic mass is 16.5. The van der Waals surface area contributed by atoms with Gasteiger partial charge in [0.15, 0.2) is 6.61 Å². The molecule has 1 saturated heterocycles. The van der Waals surface area contributed by atoms with E-state index in [1.54, 1.807) is 0 Å². The van der Waals surface area contributed by atoms with Gasteiger partial charge in [0, 0.05) is 25.2 Å². The Balaban J connectivity index is 1.41. The van der Waals surface area contributed by atoms with Gasteiger partial charge in [0.1, 0.15) is 5.75 Å². The first kappa shape index (κ1) is 21.4. The van der Waals surface area contributed by atoms with Crippen molar-refractivity contribution in [2.24, 2.45) is 0 Å². The third kappa shape index (κ3) is 6.07. The highest BCUT2D eigenvalue weighted by Gasteiger charge is 2.24. The van der Waals surface area contributed by atoms with Crippen molar-refractivity contribution in [2.45, 2.75) is 58.0 Å². The van der Waals surface area contributed by atoms with Crippen LogP contribution in [0.4, 0.5) is 0 Å². The molecule has 1 aliphatic rings. The smallest absolute Gasteiger partial charge is 0.258 e. The van der Waals surface area contributed by atoms with E-state index >= 15 is 0 Å². The topological polar surface area (TPSA) is 41.6 Å². The van der Waals surface area contributed by atoms with Crippen LogP contribution in [-0.2, 0) is 10.2 Å². The highest BCUT2D eigenvalue weighted by Crippen LogP contribution is 2.25. The fourth-order valence-corrected chi connectivity index (χ4v) is 3.84. The van der Waals surface area contributed by atoms with E-state index in [4.69, 9.17) is 4.74 Å². The number of carbonyl (C=O) groups excluding carboxylic acids is 1. The van der Waals surface area contributed by atoms with Crippen molar-refractivity contribution in [3.8, 4) is 5.75 Å². The Kier molecular flexibility index (Phi) is 6.96. The zero-order valence-electron chi connectivity index (χ0n) is 18.2. The first-order chi connectivity index (χ1) is 13.8. The number of ether oxygens (including phenoxy) is 1. The van der Waals surface area contributed by atoms with E-state index in [0.29, 0.717) is 6.04 Å². The van der Waals surface area contributed by atoms with E-state index in [9.17, 15) is 4.79 Å². The van der Waals surface area contributed by atoms with Gasteiger partial charge in [-0.15, -0.1) is 0 Å². The van der Waals surface area contributed by atoms with Crippen molar-refractivity contribution < 1.29 is 9.53 Å². The molecule has 2 aromatic carbocycles. The van der Waals surface area contributed by atoms with Crippen molar-refractivity contribution in [2.75, 3.05) is 19.7 Å². The largest absolute Gasteiger partial charge is 0.484 e. The summed E-state index contributed by atoms with van der Waals surface area (Å²) in [5.74, 6) is 0.694. The Hall–Kier alpha value is -2.33. The zero-order valence-corrected chi connectivity index (χ0v) is 18.2. The monoisotopic (exact) mass is 394 g/mol. The van der Waals surface area contributed by atoms with E-state index in [2.05, 4.69) is 80.4 Å². The van der Waals surface area contributed by atoms with Gasteiger partial charge in [0.05, 0.1) is 0 Å². The van der Waals surface area contributed by atoms with E-state index < -0.39 is 0 Å². The van der Waals surface area contributed by atoms with Gasteiger partial charge in [-0.1, -0.05) is 63.2 Å². The Morgan fingerprint density at radius 3 is 2.28 bits per heavy atom. The van der Waals surface area contributed by atoms with Gasteiger partial charge in [-0.25, -0.2) is 0 Å². The average molecular weight is 395 g/mol. The van der Waals surface area contributed by atoms with Crippen LogP contribution in [0.1, 0.15) is 57.7 Å². The highest BCUT2D eigenvalue weighted by molar-refractivity contribution is 5.77. The van der Waals surface area contributed by atoms with Crippen LogP contribution in [0, 0.1) is 0 Å². The normalized spacial score (nSPS) is 17.0. The number of hydrogen-bond donors (Lipinski definition) is 1. The molecule has 1 atom stereocenters. The minimum atomic E-state index is -0.0422. The predicted octanol–water partition coefficient (Wildman–Crippen LogP) is 4.70. The van der Waals surface area contributed by atoms with Crippen molar-refractivity contribution in [1.29, 1.82) is 0 Å². The third-order valence-electron chi connectivity index (χ3n) is 5.81. The molecule has 1 unspecified atom stereocenters. The Morgan fingerprint density at radius 1 is 1.07 bits per heavy atom. The van der Waals surface area contributed by atoms with Gasteiger partial charge < -0.3 is 10.1 Å². The van der Waals surface area contributed by atoms with Crippen molar-refractivity contribution in [3.63, 3.8) is 0 Å². The van der Waals surface area contributed by atoms with E-state index in [-0.39, 0.29) is 24.0 Å². The molecule has 0 radical (unpaired) electrons. The molecule has 29 heavy (non-hydrogen) atoms. The molecular weight excluding hydrogens is 360 g/mol. The van der Waals surface area contributed by atoms with Crippen LogP contribution in [0.3, 0.4) is 0 Å². The number of carbonyl (C=O) groups is 1. The molecule has 0 aliphatic carbocycles. The van der Waals surface area contributed by atoms with Gasteiger partial charge in [0.2, 0.25) is 0 Å². The summed E-state index contributed by atoms with van der Waals surface area (Å²) >= 11 is 0. The summed E-state index contributed by atoms with van der Waals surface area (Å²) in [5.41, 5.74) is 2.72. The maximum Gasteiger partial charge on any atom is 0.258 e. The lowest BCUT2D eigenvalue weighted by Crippen LogP contribution is -2.46. The molecule has 4 heteroatoms. The van der Waals surface area contributed by atoms with Crippen molar-refractivity contribution >= 4 is 5.91 Å². The van der Waals surface area contributed by atoms with Gasteiger partial charge in [-0.2, -0.15) is 0 Å². The summed E-state index contributed by atoms with van der Waals surface area (Å²) in [6.45, 7) is 10.9. The first-order valence-electron chi connectivity index (χ1n) is 10.6. The van der Waals surface area contributed by atoms with Crippen molar-refractivity contribution in [3.05, 3.63) is 65.7 Å². The zero-order chi connectivity index (χ0) is 20.9. The molecule has 1 heterocycles. The van der Waals surface area contributed by atoms with Gasteiger partial charge >= 0.3 is 0 Å². The lowest BCUT2D eigenvalue weighted by Gasteiger charge is -2.36. The molecule has 1 amide bonds. The van der Waals surface area contributed by atoms with Crippen LogP contribution >= 0.6 is 0 Å². The minimum absolute atomic E-state index is 0.0422. The standard InChI is InChI=1S/C25H34N2O2/c1-19(20-8-6-5-7-9-20)27-16-14-22(15-17-27)26-24(28)18-29-23-12-10-21(11-13-23)25(2,3)4/h5-13,19,22H,14-18H2,1-4H3,(H,26,28). The van der Waals surface area contributed by atoms with Crippen molar-refractivity contribution in [1.82, 2.24) is 10.2 Å². The van der Waals surface area contributed by atoms with Crippen LogP contribution in [-0.4, -0.2) is 36.5 Å². The molecule has 156 valence electrons. The maximum atomic E-state index is 12.3. The second kappa shape index (κ2) is 9.45. The van der Waals surface area contributed by atoms with E-state index in [1.165, 1.54) is 11.1 Å². The molecule has 0 aromatic heterocycles. The third-order valence-corrected chi connectivity index (χ3v) is 5.81. The second-order valence-corrected chi connectivity index (χ2v) is 9.03. The quantitative estimate of drug-likeness (QED) is 0.772. The van der Waals surface area contributed by atoms with Gasteiger partial charge in [-0.05, 0) is 48.4 Å². The SMILES string of the molecule is CC(c1ccccc1)N1CCC(NC(=O)COc2ccc(C(C)(C)C)cc2)CC1. The summed E-state index contributed by atoms with van der Waals surface area (Å²) in [4.78, 5) is 14.8. The predicted molar refractivity (Wildman–Crippen MR) is 118 cm³/mol.